The molecule has 0 radical (unpaired) electrons. The van der Waals surface area contributed by atoms with Crippen molar-refractivity contribution in [2.24, 2.45) is 0 Å². The van der Waals surface area contributed by atoms with Crippen LogP contribution in [-0.4, -0.2) is 17.0 Å². The minimum absolute atomic E-state index is 0.0538. The van der Waals surface area contributed by atoms with Crippen LogP contribution >= 0.6 is 11.3 Å². The molecule has 0 bridgehead atoms. The van der Waals surface area contributed by atoms with Crippen molar-refractivity contribution in [3.8, 4) is 0 Å². The summed E-state index contributed by atoms with van der Waals surface area (Å²) in [7, 11) is 0. The molecule has 4 nitrogen and oxygen atoms in total. The number of amides is 1. The van der Waals surface area contributed by atoms with Crippen LogP contribution in [0.2, 0.25) is 0 Å². The van der Waals surface area contributed by atoms with Crippen molar-refractivity contribution >= 4 is 44.6 Å². The Balaban J connectivity index is 1.87. The van der Waals surface area contributed by atoms with Crippen LogP contribution in [0.25, 0.3) is 15.7 Å². The highest BCUT2D eigenvalue weighted by molar-refractivity contribution is 7.17. The molecule has 0 saturated heterocycles. The Kier molecular flexibility index (Phi) is 4.63. The van der Waals surface area contributed by atoms with Gasteiger partial charge in [-0.1, -0.05) is 18.2 Å². The summed E-state index contributed by atoms with van der Waals surface area (Å²) >= 11 is 1.59. The van der Waals surface area contributed by atoms with Crippen LogP contribution in [0.4, 0.5) is 10.1 Å². The van der Waals surface area contributed by atoms with Crippen LogP contribution in [0.1, 0.15) is 22.8 Å². The van der Waals surface area contributed by atoms with E-state index in [1.54, 1.807) is 11.3 Å². The summed E-state index contributed by atoms with van der Waals surface area (Å²) in [6.45, 7) is 1.82. The number of fused-ring (bicyclic) bond motifs is 1. The van der Waals surface area contributed by atoms with Gasteiger partial charge < -0.3 is 10.4 Å². The maximum Gasteiger partial charge on any atom is 0.337 e. The van der Waals surface area contributed by atoms with Crippen LogP contribution < -0.4 is 5.32 Å². The SMILES string of the molecule is C/C(=C/C(=O)Nc1ccc(F)cc1C(=O)O)c1csc2ccccc12. The second-order valence-corrected chi connectivity index (χ2v) is 6.37. The molecule has 1 heterocycles. The molecule has 3 aromatic rings. The third kappa shape index (κ3) is 3.59. The highest BCUT2D eigenvalue weighted by atomic mass is 32.1. The first-order valence-corrected chi connectivity index (χ1v) is 8.32. The lowest BCUT2D eigenvalue weighted by molar-refractivity contribution is -0.111. The number of allylic oxidation sites excluding steroid dienone is 1. The van der Waals surface area contributed by atoms with E-state index < -0.39 is 17.7 Å². The third-order valence-corrected chi connectivity index (χ3v) is 4.69. The molecule has 0 unspecified atom stereocenters. The number of benzene rings is 2. The Bertz CT molecular complexity index is 1010. The van der Waals surface area contributed by atoms with Gasteiger partial charge in [0.15, 0.2) is 0 Å². The minimum Gasteiger partial charge on any atom is -0.478 e. The molecule has 0 aliphatic rings. The minimum atomic E-state index is -1.31. The van der Waals surface area contributed by atoms with Crippen LogP contribution in [0, 0.1) is 5.82 Å². The zero-order valence-electron chi connectivity index (χ0n) is 13.2. The van der Waals surface area contributed by atoms with Crippen LogP contribution in [0.5, 0.6) is 0 Å². The van der Waals surface area contributed by atoms with E-state index in [1.807, 2.05) is 36.6 Å². The smallest absolute Gasteiger partial charge is 0.337 e. The van der Waals surface area contributed by atoms with Crippen molar-refractivity contribution in [2.45, 2.75) is 6.92 Å². The van der Waals surface area contributed by atoms with Crippen LogP contribution in [0.15, 0.2) is 53.9 Å². The van der Waals surface area contributed by atoms with Gasteiger partial charge in [0.05, 0.1) is 11.3 Å². The molecule has 1 amide bonds. The van der Waals surface area contributed by atoms with Crippen molar-refractivity contribution in [3.63, 3.8) is 0 Å². The Morgan fingerprint density at radius 2 is 1.92 bits per heavy atom. The fourth-order valence-electron chi connectivity index (χ4n) is 2.53. The molecule has 0 spiro atoms. The number of rotatable bonds is 4. The average Bonchev–Trinajstić information content (AvgIpc) is 3.00. The molecule has 0 atom stereocenters. The Morgan fingerprint density at radius 1 is 1.16 bits per heavy atom. The lowest BCUT2D eigenvalue weighted by Gasteiger charge is -2.07. The number of thiophene rings is 1. The molecule has 0 fully saturated rings. The van der Waals surface area contributed by atoms with Gasteiger partial charge in [-0.25, -0.2) is 9.18 Å². The van der Waals surface area contributed by atoms with Gasteiger partial charge in [0.1, 0.15) is 5.82 Å². The number of hydrogen-bond acceptors (Lipinski definition) is 3. The zero-order chi connectivity index (χ0) is 18.0. The molecule has 0 saturated carbocycles. The lowest BCUT2D eigenvalue weighted by atomic mass is 10.1. The summed E-state index contributed by atoms with van der Waals surface area (Å²) in [6, 6.07) is 11.1. The number of nitrogens with one attached hydrogen (secondary N) is 1. The van der Waals surface area contributed by atoms with E-state index in [4.69, 9.17) is 5.11 Å². The van der Waals surface area contributed by atoms with E-state index in [2.05, 4.69) is 5.32 Å². The van der Waals surface area contributed by atoms with Gasteiger partial charge in [0.2, 0.25) is 5.91 Å². The highest BCUT2D eigenvalue weighted by Gasteiger charge is 2.13. The van der Waals surface area contributed by atoms with Crippen LogP contribution in [-0.2, 0) is 4.79 Å². The molecule has 3 rings (SSSR count). The van der Waals surface area contributed by atoms with E-state index >= 15 is 0 Å². The Labute approximate surface area is 147 Å². The summed E-state index contributed by atoms with van der Waals surface area (Å²) < 4.78 is 14.3. The van der Waals surface area contributed by atoms with Gasteiger partial charge in [-0.05, 0) is 53.1 Å². The number of hydrogen-bond donors (Lipinski definition) is 2. The molecule has 2 N–H and O–H groups in total. The first-order valence-electron chi connectivity index (χ1n) is 7.44. The molecule has 2 aromatic carbocycles. The van der Waals surface area contributed by atoms with Gasteiger partial charge in [0, 0.05) is 10.8 Å². The second-order valence-electron chi connectivity index (χ2n) is 5.46. The molecule has 1 aromatic heterocycles. The second kappa shape index (κ2) is 6.86. The van der Waals surface area contributed by atoms with Gasteiger partial charge in [-0.3, -0.25) is 4.79 Å². The van der Waals surface area contributed by atoms with Crippen molar-refractivity contribution < 1.29 is 19.1 Å². The summed E-state index contributed by atoms with van der Waals surface area (Å²) in [5.74, 6) is -2.45. The summed E-state index contributed by atoms with van der Waals surface area (Å²) in [6.07, 6.45) is 1.41. The first kappa shape index (κ1) is 16.9. The predicted molar refractivity (Wildman–Crippen MR) is 97.5 cm³/mol. The maximum atomic E-state index is 13.2. The Morgan fingerprint density at radius 3 is 2.68 bits per heavy atom. The fourth-order valence-corrected chi connectivity index (χ4v) is 3.55. The summed E-state index contributed by atoms with van der Waals surface area (Å²) in [4.78, 5) is 23.4. The number of carbonyl (C=O) groups excluding carboxylic acids is 1. The van der Waals surface area contributed by atoms with E-state index in [-0.39, 0.29) is 11.3 Å². The number of carboxylic acid groups (broad SMARTS) is 1. The molecule has 0 aliphatic heterocycles. The van der Waals surface area contributed by atoms with Crippen molar-refractivity contribution in [2.75, 3.05) is 5.32 Å². The normalized spacial score (nSPS) is 11.5. The number of carboxylic acids is 1. The maximum absolute atomic E-state index is 13.2. The number of carbonyl (C=O) groups is 2. The molecule has 25 heavy (non-hydrogen) atoms. The Hall–Kier alpha value is -2.99. The largest absolute Gasteiger partial charge is 0.478 e. The van der Waals surface area contributed by atoms with E-state index in [1.165, 1.54) is 12.1 Å². The van der Waals surface area contributed by atoms with E-state index in [0.29, 0.717) is 0 Å². The van der Waals surface area contributed by atoms with Gasteiger partial charge in [-0.2, -0.15) is 0 Å². The summed E-state index contributed by atoms with van der Waals surface area (Å²) in [5, 5.41) is 14.7. The number of aromatic carboxylic acids is 1. The molecule has 6 heteroatoms. The molecular formula is C19H14FNO3S. The molecule has 0 aliphatic carbocycles. The number of anilines is 1. The summed E-state index contributed by atoms with van der Waals surface area (Å²) in [5.41, 5.74) is 1.47. The third-order valence-electron chi connectivity index (χ3n) is 3.72. The van der Waals surface area contributed by atoms with E-state index in [0.717, 1.165) is 33.4 Å². The van der Waals surface area contributed by atoms with Crippen LogP contribution in [0.3, 0.4) is 0 Å². The topological polar surface area (TPSA) is 66.4 Å². The fraction of sp³-hybridized carbons (Fsp3) is 0.0526. The van der Waals surface area contributed by atoms with Gasteiger partial charge in [0.25, 0.3) is 0 Å². The van der Waals surface area contributed by atoms with Crippen molar-refractivity contribution in [3.05, 3.63) is 70.9 Å². The highest BCUT2D eigenvalue weighted by Crippen LogP contribution is 2.30. The van der Waals surface area contributed by atoms with E-state index in [9.17, 15) is 14.0 Å². The van der Waals surface area contributed by atoms with Gasteiger partial charge in [-0.15, -0.1) is 11.3 Å². The lowest BCUT2D eigenvalue weighted by Crippen LogP contribution is -2.12. The van der Waals surface area contributed by atoms with Crippen molar-refractivity contribution in [1.29, 1.82) is 0 Å². The zero-order valence-corrected chi connectivity index (χ0v) is 14.1. The average molecular weight is 355 g/mol. The first-order chi connectivity index (χ1) is 12.0. The van der Waals surface area contributed by atoms with Gasteiger partial charge >= 0.3 is 5.97 Å². The standard InChI is InChI=1S/C19H14FNO3S/c1-11(15-10-25-17-5-3-2-4-13(15)17)8-18(22)21-16-7-6-12(20)9-14(16)19(23)24/h2-10H,1H3,(H,21,22)(H,23,24)/b11-8-. The predicted octanol–water partition coefficient (Wildman–Crippen LogP) is 4.78. The number of halogens is 1. The molecule has 126 valence electrons. The quantitative estimate of drug-likeness (QED) is 0.662. The van der Waals surface area contributed by atoms with Crippen molar-refractivity contribution in [1.82, 2.24) is 0 Å². The monoisotopic (exact) mass is 355 g/mol. The molecular weight excluding hydrogens is 341 g/mol.